The lowest BCUT2D eigenvalue weighted by molar-refractivity contribution is -0.124. The summed E-state index contributed by atoms with van der Waals surface area (Å²) in [5, 5.41) is 7.01. The molecule has 1 amide bonds. The first-order chi connectivity index (χ1) is 7.63. The molecule has 0 fully saturated rings. The first kappa shape index (κ1) is 12.7. The Hall–Kier alpha value is -1.36. The van der Waals surface area contributed by atoms with Crippen LogP contribution in [0, 0.1) is 12.8 Å². The maximum atomic E-state index is 11.5. The standard InChI is InChI=1S/C11H20N4O/c1-9-7-14-15(8-9)6-5-13-11(16)10(2)3-4-12/h7-8,10H,3-6,12H2,1-2H3,(H,13,16). The van der Waals surface area contributed by atoms with Crippen LogP contribution in [0.15, 0.2) is 12.4 Å². The van der Waals surface area contributed by atoms with E-state index < -0.39 is 0 Å². The van der Waals surface area contributed by atoms with Crippen molar-refractivity contribution >= 4 is 5.91 Å². The van der Waals surface area contributed by atoms with Gasteiger partial charge in [-0.05, 0) is 25.5 Å². The molecule has 5 heteroatoms. The fourth-order valence-electron chi connectivity index (χ4n) is 1.44. The molecule has 0 aliphatic carbocycles. The van der Waals surface area contributed by atoms with Crippen LogP contribution in [-0.4, -0.2) is 28.8 Å². The van der Waals surface area contributed by atoms with Crippen LogP contribution >= 0.6 is 0 Å². The summed E-state index contributed by atoms with van der Waals surface area (Å²) in [6.45, 7) is 5.74. The fourth-order valence-corrected chi connectivity index (χ4v) is 1.44. The maximum absolute atomic E-state index is 11.5. The van der Waals surface area contributed by atoms with E-state index in [9.17, 15) is 4.79 Å². The van der Waals surface area contributed by atoms with Crippen LogP contribution in [0.5, 0.6) is 0 Å². The Morgan fingerprint density at radius 3 is 3.00 bits per heavy atom. The summed E-state index contributed by atoms with van der Waals surface area (Å²) in [4.78, 5) is 11.5. The predicted octanol–water partition coefficient (Wildman–Crippen LogP) is 0.293. The van der Waals surface area contributed by atoms with Crippen molar-refractivity contribution in [3.63, 3.8) is 0 Å². The molecule has 0 saturated heterocycles. The van der Waals surface area contributed by atoms with E-state index in [1.165, 1.54) is 0 Å². The SMILES string of the molecule is Cc1cnn(CCNC(=O)C(C)CCN)c1. The predicted molar refractivity (Wildman–Crippen MR) is 62.8 cm³/mol. The number of hydrogen-bond donors (Lipinski definition) is 2. The minimum Gasteiger partial charge on any atom is -0.354 e. The van der Waals surface area contributed by atoms with Gasteiger partial charge in [0, 0.05) is 18.7 Å². The number of aryl methyl sites for hydroxylation is 1. The van der Waals surface area contributed by atoms with Crippen molar-refractivity contribution in [2.24, 2.45) is 11.7 Å². The van der Waals surface area contributed by atoms with E-state index >= 15 is 0 Å². The summed E-state index contributed by atoms with van der Waals surface area (Å²) in [5.41, 5.74) is 6.52. The molecular formula is C11H20N4O. The summed E-state index contributed by atoms with van der Waals surface area (Å²) in [7, 11) is 0. The molecule has 1 rings (SSSR count). The monoisotopic (exact) mass is 224 g/mol. The molecule has 0 aliphatic rings. The second-order valence-electron chi connectivity index (χ2n) is 4.05. The summed E-state index contributed by atoms with van der Waals surface area (Å²) < 4.78 is 1.82. The zero-order valence-electron chi connectivity index (χ0n) is 9.94. The number of nitrogens with zero attached hydrogens (tertiary/aromatic N) is 2. The minimum atomic E-state index is -0.00985. The molecule has 0 spiro atoms. The van der Waals surface area contributed by atoms with Gasteiger partial charge in [-0.3, -0.25) is 9.48 Å². The molecule has 1 unspecified atom stereocenters. The number of rotatable bonds is 6. The Morgan fingerprint density at radius 1 is 1.69 bits per heavy atom. The number of nitrogens with two attached hydrogens (primary N) is 1. The maximum Gasteiger partial charge on any atom is 0.222 e. The van der Waals surface area contributed by atoms with Crippen LogP contribution in [0.4, 0.5) is 0 Å². The smallest absolute Gasteiger partial charge is 0.222 e. The Bertz CT molecular complexity index is 334. The van der Waals surface area contributed by atoms with Gasteiger partial charge in [0.2, 0.25) is 5.91 Å². The van der Waals surface area contributed by atoms with Crippen molar-refractivity contribution in [2.45, 2.75) is 26.8 Å². The van der Waals surface area contributed by atoms with Gasteiger partial charge in [-0.1, -0.05) is 6.92 Å². The van der Waals surface area contributed by atoms with Crippen LogP contribution in [0.3, 0.4) is 0 Å². The molecule has 0 aromatic carbocycles. The van der Waals surface area contributed by atoms with Gasteiger partial charge in [-0.15, -0.1) is 0 Å². The van der Waals surface area contributed by atoms with Crippen LogP contribution in [0.25, 0.3) is 0 Å². The van der Waals surface area contributed by atoms with Crippen molar-refractivity contribution in [3.05, 3.63) is 18.0 Å². The molecule has 16 heavy (non-hydrogen) atoms. The van der Waals surface area contributed by atoms with Crippen molar-refractivity contribution in [2.75, 3.05) is 13.1 Å². The van der Waals surface area contributed by atoms with E-state index in [0.717, 1.165) is 12.0 Å². The van der Waals surface area contributed by atoms with E-state index in [4.69, 9.17) is 5.73 Å². The Labute approximate surface area is 96.0 Å². The second-order valence-corrected chi connectivity index (χ2v) is 4.05. The van der Waals surface area contributed by atoms with Crippen molar-refractivity contribution in [3.8, 4) is 0 Å². The molecule has 1 atom stereocenters. The van der Waals surface area contributed by atoms with Crippen LogP contribution in [0.1, 0.15) is 18.9 Å². The van der Waals surface area contributed by atoms with Crippen LogP contribution in [0.2, 0.25) is 0 Å². The third-order valence-corrected chi connectivity index (χ3v) is 2.45. The summed E-state index contributed by atoms with van der Waals surface area (Å²) >= 11 is 0. The lowest BCUT2D eigenvalue weighted by Gasteiger charge is -2.10. The Morgan fingerprint density at radius 2 is 2.44 bits per heavy atom. The van der Waals surface area contributed by atoms with E-state index in [1.807, 2.05) is 24.7 Å². The Balaban J connectivity index is 2.22. The number of amides is 1. The largest absolute Gasteiger partial charge is 0.354 e. The summed E-state index contributed by atoms with van der Waals surface area (Å²) in [6, 6.07) is 0. The molecule has 0 aliphatic heterocycles. The van der Waals surface area contributed by atoms with Gasteiger partial charge < -0.3 is 11.1 Å². The lowest BCUT2D eigenvalue weighted by Crippen LogP contribution is -2.32. The number of aromatic nitrogens is 2. The zero-order valence-corrected chi connectivity index (χ0v) is 9.94. The molecule has 3 N–H and O–H groups in total. The first-order valence-electron chi connectivity index (χ1n) is 5.60. The average molecular weight is 224 g/mol. The topological polar surface area (TPSA) is 72.9 Å². The molecule has 0 saturated carbocycles. The van der Waals surface area contributed by atoms with Gasteiger partial charge in [0.25, 0.3) is 0 Å². The van der Waals surface area contributed by atoms with Gasteiger partial charge in [0.15, 0.2) is 0 Å². The van der Waals surface area contributed by atoms with Crippen LogP contribution in [-0.2, 0) is 11.3 Å². The van der Waals surface area contributed by atoms with E-state index in [-0.39, 0.29) is 11.8 Å². The highest BCUT2D eigenvalue weighted by Crippen LogP contribution is 1.99. The van der Waals surface area contributed by atoms with Gasteiger partial charge >= 0.3 is 0 Å². The van der Waals surface area contributed by atoms with Crippen molar-refractivity contribution < 1.29 is 4.79 Å². The number of carbonyl (C=O) groups is 1. The van der Waals surface area contributed by atoms with E-state index in [0.29, 0.717) is 19.6 Å². The molecule has 1 aromatic heterocycles. The molecule has 0 radical (unpaired) electrons. The highest BCUT2D eigenvalue weighted by Gasteiger charge is 2.10. The van der Waals surface area contributed by atoms with Gasteiger partial charge in [0.05, 0.1) is 12.7 Å². The number of carbonyl (C=O) groups excluding carboxylic acids is 1. The van der Waals surface area contributed by atoms with E-state index in [2.05, 4.69) is 10.4 Å². The quantitative estimate of drug-likeness (QED) is 0.729. The van der Waals surface area contributed by atoms with Crippen molar-refractivity contribution in [1.29, 1.82) is 0 Å². The van der Waals surface area contributed by atoms with Gasteiger partial charge in [0.1, 0.15) is 0 Å². The zero-order chi connectivity index (χ0) is 12.0. The Kier molecular flexibility index (Phi) is 4.98. The second kappa shape index (κ2) is 6.27. The molecule has 0 bridgehead atoms. The van der Waals surface area contributed by atoms with Crippen molar-refractivity contribution in [1.82, 2.24) is 15.1 Å². The molecule has 1 aromatic rings. The van der Waals surface area contributed by atoms with Crippen LogP contribution < -0.4 is 11.1 Å². The summed E-state index contributed by atoms with van der Waals surface area (Å²) in [5.74, 6) is 0.0543. The highest BCUT2D eigenvalue weighted by molar-refractivity contribution is 5.78. The molecular weight excluding hydrogens is 204 g/mol. The highest BCUT2D eigenvalue weighted by atomic mass is 16.1. The number of nitrogens with one attached hydrogen (secondary N) is 1. The third-order valence-electron chi connectivity index (χ3n) is 2.45. The molecule has 1 heterocycles. The minimum absolute atomic E-state index is 0.00985. The lowest BCUT2D eigenvalue weighted by atomic mass is 10.1. The summed E-state index contributed by atoms with van der Waals surface area (Å²) in [6.07, 6.45) is 4.49. The molecule has 90 valence electrons. The first-order valence-corrected chi connectivity index (χ1v) is 5.60. The number of hydrogen-bond acceptors (Lipinski definition) is 3. The normalized spacial score (nSPS) is 12.4. The third kappa shape index (κ3) is 4.02. The van der Waals surface area contributed by atoms with E-state index in [1.54, 1.807) is 6.20 Å². The molecule has 5 nitrogen and oxygen atoms in total. The fraction of sp³-hybridized carbons (Fsp3) is 0.636. The van der Waals surface area contributed by atoms with Gasteiger partial charge in [-0.25, -0.2) is 0 Å². The van der Waals surface area contributed by atoms with Gasteiger partial charge in [-0.2, -0.15) is 5.10 Å². The average Bonchev–Trinajstić information content (AvgIpc) is 2.64.